The minimum Gasteiger partial charge on any atom is -0.478 e. The molecule has 7 nitrogen and oxygen atoms in total. The second kappa shape index (κ2) is 11.3. The predicted octanol–water partition coefficient (Wildman–Crippen LogP) is 4.66. The molecule has 2 aromatic rings. The fraction of sp³-hybridized carbons (Fsp3) is 0.435. The van der Waals surface area contributed by atoms with Crippen molar-refractivity contribution in [1.82, 2.24) is 0 Å². The Bertz CT molecular complexity index is 964. The lowest BCUT2D eigenvalue weighted by molar-refractivity contribution is 0.0698. The monoisotopic (exact) mass is 450 g/mol. The second-order valence-electron chi connectivity index (χ2n) is 8.36. The normalized spacial score (nSPS) is 12.6. The first kappa shape index (κ1) is 26.6. The number of hydrogen-bond donors (Lipinski definition) is 3. The molecule has 0 unspecified atom stereocenters. The Morgan fingerprint density at radius 3 is 2.16 bits per heavy atom. The van der Waals surface area contributed by atoms with Gasteiger partial charge in [0.1, 0.15) is 0 Å². The number of anilines is 1. The van der Waals surface area contributed by atoms with Crippen LogP contribution in [0.4, 0.5) is 5.69 Å². The highest BCUT2D eigenvalue weighted by molar-refractivity contribution is 7.86. The lowest BCUT2D eigenvalue weighted by Gasteiger charge is -2.18. The van der Waals surface area contributed by atoms with Crippen LogP contribution in [-0.4, -0.2) is 25.1 Å². The largest absolute Gasteiger partial charge is 0.478 e. The van der Waals surface area contributed by atoms with Crippen molar-refractivity contribution in [2.45, 2.75) is 70.4 Å². The average molecular weight is 451 g/mol. The predicted molar refractivity (Wildman–Crippen MR) is 123 cm³/mol. The van der Waals surface area contributed by atoms with E-state index in [1.54, 1.807) is 57.2 Å². The molecule has 0 saturated carbocycles. The standard InChI is InChI=1S/C12H18N2O2.C11H16O3S/c1-2-3-4-10(13)8-5-6-9(12(15)16)11(14)7-8;1-9-5-7-10(8-6-9)15(12,13)14-11(2,3)4/h5-7,10H,2-4,13-14H2,1H3,(H,15,16);5-8H,1-4H3/t10-;/m1./s1. The Kier molecular flexibility index (Phi) is 9.68. The molecule has 0 amide bonds. The fourth-order valence-electron chi connectivity index (χ4n) is 2.68. The zero-order valence-corrected chi connectivity index (χ0v) is 19.7. The minimum atomic E-state index is -3.63. The van der Waals surface area contributed by atoms with Crippen molar-refractivity contribution in [3.05, 3.63) is 59.2 Å². The van der Waals surface area contributed by atoms with E-state index < -0.39 is 21.7 Å². The summed E-state index contributed by atoms with van der Waals surface area (Å²) in [5.41, 5.74) is 13.2. The van der Waals surface area contributed by atoms with E-state index in [9.17, 15) is 13.2 Å². The van der Waals surface area contributed by atoms with Gasteiger partial charge in [0, 0.05) is 11.7 Å². The maximum atomic E-state index is 11.7. The van der Waals surface area contributed by atoms with Crippen LogP contribution in [0.3, 0.4) is 0 Å². The number of benzene rings is 2. The summed E-state index contributed by atoms with van der Waals surface area (Å²) < 4.78 is 28.5. The summed E-state index contributed by atoms with van der Waals surface area (Å²) >= 11 is 0. The molecule has 0 aromatic heterocycles. The van der Waals surface area contributed by atoms with Crippen LogP contribution in [0.15, 0.2) is 47.4 Å². The van der Waals surface area contributed by atoms with Crippen molar-refractivity contribution in [2.24, 2.45) is 5.73 Å². The highest BCUT2D eigenvalue weighted by atomic mass is 32.2. The molecule has 5 N–H and O–H groups in total. The van der Waals surface area contributed by atoms with E-state index in [1.165, 1.54) is 6.07 Å². The Morgan fingerprint density at radius 1 is 1.13 bits per heavy atom. The van der Waals surface area contributed by atoms with E-state index in [1.807, 2.05) is 6.92 Å². The van der Waals surface area contributed by atoms with Crippen molar-refractivity contribution in [2.75, 3.05) is 5.73 Å². The maximum Gasteiger partial charge on any atom is 0.337 e. The SMILES string of the molecule is CCCC[C@@H](N)c1ccc(C(=O)O)c(N)c1.Cc1ccc(S(=O)(=O)OC(C)(C)C)cc1. The van der Waals surface area contributed by atoms with Crippen molar-refractivity contribution in [1.29, 1.82) is 0 Å². The number of carboxylic acid groups (broad SMARTS) is 1. The molecule has 8 heteroatoms. The lowest BCUT2D eigenvalue weighted by Crippen LogP contribution is -2.24. The highest BCUT2D eigenvalue weighted by Crippen LogP contribution is 2.22. The van der Waals surface area contributed by atoms with E-state index >= 15 is 0 Å². The quantitative estimate of drug-likeness (QED) is 0.413. The Hall–Kier alpha value is -2.42. The van der Waals surface area contributed by atoms with Gasteiger partial charge in [-0.3, -0.25) is 4.18 Å². The Balaban J connectivity index is 0.000000311. The van der Waals surface area contributed by atoms with E-state index in [4.69, 9.17) is 20.8 Å². The van der Waals surface area contributed by atoms with Crippen LogP contribution in [0.1, 0.15) is 74.5 Å². The van der Waals surface area contributed by atoms with Gasteiger partial charge in [-0.15, -0.1) is 0 Å². The second-order valence-corrected chi connectivity index (χ2v) is 9.91. The van der Waals surface area contributed by atoms with Gasteiger partial charge in [0.25, 0.3) is 10.1 Å². The summed E-state index contributed by atoms with van der Waals surface area (Å²) in [6.45, 7) is 9.13. The van der Waals surface area contributed by atoms with Gasteiger partial charge in [0.05, 0.1) is 16.1 Å². The van der Waals surface area contributed by atoms with Crippen molar-refractivity contribution in [3.63, 3.8) is 0 Å². The highest BCUT2D eigenvalue weighted by Gasteiger charge is 2.23. The van der Waals surface area contributed by atoms with Gasteiger partial charge in [-0.1, -0.05) is 43.5 Å². The smallest absolute Gasteiger partial charge is 0.337 e. The van der Waals surface area contributed by atoms with Crippen LogP contribution in [0.25, 0.3) is 0 Å². The molecule has 0 fully saturated rings. The van der Waals surface area contributed by atoms with E-state index in [0.717, 1.165) is 30.4 Å². The molecule has 0 aliphatic rings. The average Bonchev–Trinajstić information content (AvgIpc) is 2.64. The molecule has 31 heavy (non-hydrogen) atoms. The first-order valence-electron chi connectivity index (χ1n) is 10.2. The third-order valence-corrected chi connectivity index (χ3v) is 5.84. The Morgan fingerprint density at radius 2 is 1.71 bits per heavy atom. The number of nitrogen functional groups attached to an aromatic ring is 1. The fourth-order valence-corrected chi connectivity index (χ4v) is 3.90. The zero-order chi connectivity index (χ0) is 23.8. The number of aromatic carboxylic acids is 1. The van der Waals surface area contributed by atoms with Crippen LogP contribution in [0.5, 0.6) is 0 Å². The van der Waals surface area contributed by atoms with E-state index in [2.05, 4.69) is 6.92 Å². The molecule has 1 atom stereocenters. The number of carboxylic acids is 1. The number of nitrogens with two attached hydrogens (primary N) is 2. The van der Waals surface area contributed by atoms with Gasteiger partial charge in [0.15, 0.2) is 0 Å². The third-order valence-electron chi connectivity index (χ3n) is 4.27. The molecule has 2 rings (SSSR count). The van der Waals surface area contributed by atoms with Gasteiger partial charge in [-0.05, 0) is 63.9 Å². The van der Waals surface area contributed by atoms with Crippen LogP contribution >= 0.6 is 0 Å². The summed E-state index contributed by atoms with van der Waals surface area (Å²) in [5, 5.41) is 8.83. The molecule has 2 aromatic carbocycles. The molecule has 0 aliphatic heterocycles. The van der Waals surface area contributed by atoms with Gasteiger partial charge in [-0.2, -0.15) is 8.42 Å². The molecule has 0 bridgehead atoms. The van der Waals surface area contributed by atoms with E-state index in [0.29, 0.717) is 0 Å². The van der Waals surface area contributed by atoms with E-state index in [-0.39, 0.29) is 22.2 Å². The van der Waals surface area contributed by atoms with Gasteiger partial charge >= 0.3 is 5.97 Å². The molecular formula is C23H34N2O5S. The Labute approximate surface area is 185 Å². The van der Waals surface area contributed by atoms with Crippen molar-refractivity contribution in [3.8, 4) is 0 Å². The molecule has 0 heterocycles. The number of carbonyl (C=O) groups is 1. The lowest BCUT2D eigenvalue weighted by atomic mass is 9.99. The molecule has 0 spiro atoms. The van der Waals surface area contributed by atoms with Gasteiger partial charge < -0.3 is 16.6 Å². The zero-order valence-electron chi connectivity index (χ0n) is 18.9. The van der Waals surface area contributed by atoms with Crippen molar-refractivity contribution < 1.29 is 22.5 Å². The number of hydrogen-bond acceptors (Lipinski definition) is 6. The van der Waals surface area contributed by atoms with Crippen LogP contribution in [-0.2, 0) is 14.3 Å². The minimum absolute atomic E-state index is 0.0647. The van der Waals surface area contributed by atoms with Crippen molar-refractivity contribution >= 4 is 21.8 Å². The number of aryl methyl sites for hydroxylation is 1. The molecular weight excluding hydrogens is 416 g/mol. The topological polar surface area (TPSA) is 133 Å². The van der Waals surface area contributed by atoms with Crippen LogP contribution in [0.2, 0.25) is 0 Å². The summed E-state index contributed by atoms with van der Waals surface area (Å²) in [7, 11) is -3.63. The summed E-state index contributed by atoms with van der Waals surface area (Å²) in [6.07, 6.45) is 3.04. The van der Waals surface area contributed by atoms with Gasteiger partial charge in [-0.25, -0.2) is 4.79 Å². The summed E-state index contributed by atoms with van der Waals surface area (Å²) in [6, 6.07) is 11.4. The van der Waals surface area contributed by atoms with Crippen LogP contribution in [0, 0.1) is 6.92 Å². The molecule has 0 aliphatic carbocycles. The van der Waals surface area contributed by atoms with Crippen LogP contribution < -0.4 is 11.5 Å². The first-order chi connectivity index (χ1) is 14.3. The number of rotatable bonds is 7. The van der Waals surface area contributed by atoms with Gasteiger partial charge in [0.2, 0.25) is 0 Å². The number of unbranched alkanes of at least 4 members (excludes halogenated alkanes) is 1. The molecule has 0 saturated heterocycles. The maximum absolute atomic E-state index is 11.7. The summed E-state index contributed by atoms with van der Waals surface area (Å²) in [5.74, 6) is -1.01. The third kappa shape index (κ3) is 9.08. The first-order valence-corrected chi connectivity index (χ1v) is 11.6. The summed E-state index contributed by atoms with van der Waals surface area (Å²) in [4.78, 5) is 11.0. The molecule has 172 valence electrons. The molecule has 0 radical (unpaired) electrons.